The van der Waals surface area contributed by atoms with Gasteiger partial charge in [0.05, 0.1) is 26.4 Å². The van der Waals surface area contributed by atoms with Gasteiger partial charge in [0.2, 0.25) is 0 Å². The maximum Gasteiger partial charge on any atom is 0.472 e. The molecule has 0 radical (unpaired) electrons. The van der Waals surface area contributed by atoms with E-state index in [0.717, 1.165) is 173 Å². The van der Waals surface area contributed by atoms with Crippen LogP contribution in [-0.2, 0) is 65.4 Å². The van der Waals surface area contributed by atoms with E-state index in [1.807, 2.05) is 0 Å². The highest BCUT2D eigenvalue weighted by Gasteiger charge is 2.30. The average molecular weight is 1460 g/mol. The Morgan fingerprint density at radius 2 is 0.490 bits per heavy atom. The molecule has 584 valence electrons. The van der Waals surface area contributed by atoms with Gasteiger partial charge in [0, 0.05) is 25.7 Å². The van der Waals surface area contributed by atoms with Crippen LogP contribution in [0.2, 0.25) is 0 Å². The fraction of sp³-hybridized carbons (Fsp3) is 0.827. The molecule has 0 spiro atoms. The Balaban J connectivity index is 5.34. The lowest BCUT2D eigenvalue weighted by Gasteiger charge is -2.21. The number of allylic oxidation sites excluding steroid dienone is 10. The van der Waals surface area contributed by atoms with Gasteiger partial charge in [-0.05, 0) is 135 Å². The SMILES string of the molecule is CCCCCC=CCC=CCCCCCCCC(=O)O[C@H](COC(=O)CCCCCCCCCC=CCCCCCC)COP(=O)(O)OCC(O)COP(=O)(O)OC[C@@H](COC(=O)CCCCCCCCCC=CCCCCCC)OC(=O)CCCCCCCCCC=CCCCCCC. The van der Waals surface area contributed by atoms with Crippen molar-refractivity contribution in [1.29, 1.82) is 0 Å². The first kappa shape index (κ1) is 96.8. The largest absolute Gasteiger partial charge is 0.472 e. The van der Waals surface area contributed by atoms with Crippen molar-refractivity contribution >= 4 is 39.5 Å². The van der Waals surface area contributed by atoms with Crippen LogP contribution in [0.1, 0.15) is 374 Å². The number of phosphoric acid groups is 2. The van der Waals surface area contributed by atoms with E-state index in [4.69, 9.17) is 37.0 Å². The van der Waals surface area contributed by atoms with E-state index in [1.54, 1.807) is 0 Å². The normalized spacial score (nSPS) is 14.2. The summed E-state index contributed by atoms with van der Waals surface area (Å²) < 4.78 is 68.6. The summed E-state index contributed by atoms with van der Waals surface area (Å²) in [7, 11) is -9.95. The molecular weight excluding hydrogens is 1310 g/mol. The van der Waals surface area contributed by atoms with E-state index in [2.05, 4.69) is 88.5 Å². The second-order valence-electron chi connectivity index (χ2n) is 27.3. The zero-order valence-electron chi connectivity index (χ0n) is 63.9. The fourth-order valence-corrected chi connectivity index (χ4v) is 12.8. The third-order valence-electron chi connectivity index (χ3n) is 17.4. The Kier molecular flexibility index (Phi) is 71.6. The molecule has 100 heavy (non-hydrogen) atoms. The van der Waals surface area contributed by atoms with E-state index in [9.17, 15) is 43.2 Å². The third kappa shape index (κ3) is 73.1. The van der Waals surface area contributed by atoms with Crippen molar-refractivity contribution in [2.45, 2.75) is 393 Å². The van der Waals surface area contributed by atoms with Crippen molar-refractivity contribution in [3.63, 3.8) is 0 Å². The summed E-state index contributed by atoms with van der Waals surface area (Å²) in [6, 6.07) is 0. The van der Waals surface area contributed by atoms with Crippen molar-refractivity contribution in [3.05, 3.63) is 60.8 Å². The van der Waals surface area contributed by atoms with Gasteiger partial charge in [0.25, 0.3) is 0 Å². The minimum absolute atomic E-state index is 0.0821. The second-order valence-corrected chi connectivity index (χ2v) is 30.3. The first-order chi connectivity index (χ1) is 48.7. The van der Waals surface area contributed by atoms with Crippen LogP contribution < -0.4 is 0 Å². The number of ether oxygens (including phenoxy) is 4. The Morgan fingerprint density at radius 3 is 0.770 bits per heavy atom. The van der Waals surface area contributed by atoms with Gasteiger partial charge in [0.1, 0.15) is 19.3 Å². The molecule has 0 heterocycles. The minimum atomic E-state index is -4.97. The minimum Gasteiger partial charge on any atom is -0.462 e. The molecule has 0 aromatic carbocycles. The van der Waals surface area contributed by atoms with Gasteiger partial charge in [-0.25, -0.2) is 9.13 Å². The predicted octanol–water partition coefficient (Wildman–Crippen LogP) is 23.5. The van der Waals surface area contributed by atoms with Gasteiger partial charge in [-0.3, -0.25) is 37.3 Å². The lowest BCUT2D eigenvalue weighted by Crippen LogP contribution is -2.30. The second kappa shape index (κ2) is 74.0. The highest BCUT2D eigenvalue weighted by atomic mass is 31.2. The van der Waals surface area contributed by atoms with Gasteiger partial charge in [-0.15, -0.1) is 0 Å². The summed E-state index contributed by atoms with van der Waals surface area (Å²) in [6.07, 6.45) is 73.3. The molecule has 3 N–H and O–H groups in total. The van der Waals surface area contributed by atoms with Gasteiger partial charge >= 0.3 is 39.5 Å². The third-order valence-corrected chi connectivity index (χ3v) is 19.3. The predicted molar refractivity (Wildman–Crippen MR) is 409 cm³/mol. The van der Waals surface area contributed by atoms with Crippen LogP contribution in [-0.4, -0.2) is 96.7 Å². The highest BCUT2D eigenvalue weighted by molar-refractivity contribution is 7.47. The van der Waals surface area contributed by atoms with Gasteiger partial charge in [-0.1, -0.05) is 275 Å². The number of hydrogen-bond acceptors (Lipinski definition) is 15. The van der Waals surface area contributed by atoms with E-state index >= 15 is 0 Å². The van der Waals surface area contributed by atoms with Crippen LogP contribution in [0.4, 0.5) is 0 Å². The number of carbonyl (C=O) groups is 4. The molecular formula is C81H148O17P2. The van der Waals surface area contributed by atoms with Crippen molar-refractivity contribution in [2.24, 2.45) is 0 Å². The molecule has 0 aromatic heterocycles. The summed E-state index contributed by atoms with van der Waals surface area (Å²) >= 11 is 0. The zero-order valence-corrected chi connectivity index (χ0v) is 65.7. The molecule has 19 heteroatoms. The van der Waals surface area contributed by atoms with Crippen molar-refractivity contribution in [1.82, 2.24) is 0 Å². The molecule has 5 atom stereocenters. The molecule has 0 aliphatic carbocycles. The van der Waals surface area contributed by atoms with E-state index in [1.165, 1.54) is 122 Å². The Morgan fingerprint density at radius 1 is 0.280 bits per heavy atom. The van der Waals surface area contributed by atoms with Gasteiger partial charge in [0.15, 0.2) is 12.2 Å². The molecule has 0 rings (SSSR count). The fourth-order valence-electron chi connectivity index (χ4n) is 11.2. The molecule has 0 aliphatic heterocycles. The maximum atomic E-state index is 13.1. The maximum absolute atomic E-state index is 13.1. The van der Waals surface area contributed by atoms with Crippen LogP contribution in [0.3, 0.4) is 0 Å². The number of phosphoric ester groups is 2. The van der Waals surface area contributed by atoms with Crippen LogP contribution in [0.25, 0.3) is 0 Å². The summed E-state index contributed by atoms with van der Waals surface area (Å²) in [5.74, 6) is -2.17. The number of aliphatic hydroxyl groups is 1. The molecule has 17 nitrogen and oxygen atoms in total. The van der Waals surface area contributed by atoms with Crippen molar-refractivity contribution in [2.75, 3.05) is 39.6 Å². The number of unbranched alkanes of at least 4 members (excludes halogenated alkanes) is 41. The lowest BCUT2D eigenvalue weighted by molar-refractivity contribution is -0.161. The van der Waals surface area contributed by atoms with Crippen LogP contribution in [0.5, 0.6) is 0 Å². The monoisotopic (exact) mass is 1460 g/mol. The molecule has 3 unspecified atom stereocenters. The van der Waals surface area contributed by atoms with Crippen molar-refractivity contribution < 1.29 is 80.2 Å². The summed E-state index contributed by atoms with van der Waals surface area (Å²) in [5, 5.41) is 10.6. The number of rotatable bonds is 77. The van der Waals surface area contributed by atoms with E-state index < -0.39 is 97.5 Å². The molecule has 0 amide bonds. The summed E-state index contributed by atoms with van der Waals surface area (Å²) in [5.41, 5.74) is 0. The van der Waals surface area contributed by atoms with Crippen LogP contribution in [0, 0.1) is 0 Å². The number of esters is 4. The number of aliphatic hydroxyl groups excluding tert-OH is 1. The Hall–Kier alpha value is -3.24. The Bertz CT molecular complexity index is 2130. The molecule has 0 aliphatic rings. The molecule has 0 saturated carbocycles. The lowest BCUT2D eigenvalue weighted by atomic mass is 10.1. The zero-order chi connectivity index (χ0) is 73.2. The Labute approximate surface area is 610 Å². The smallest absolute Gasteiger partial charge is 0.462 e. The molecule has 0 saturated heterocycles. The van der Waals surface area contributed by atoms with Crippen LogP contribution >= 0.6 is 15.6 Å². The standard InChI is InChI=1S/C81H148O17P2/c1-5-9-13-17-21-25-29-33-37-41-45-49-53-57-61-65-78(83)91-71-76(97-80(85)67-63-59-55-51-47-43-39-35-31-27-23-19-15-11-7-3)73-95-99(87,88)93-69-75(82)70-94-100(89,90)96-74-77(98-81(86)68-64-60-56-52-48-44-40-36-32-28-24-20-16-12-8-4)72-92-79(84)66-62-58-54-50-46-42-38-34-30-26-22-18-14-10-6-2/h23,25-30,32,35,39,75-77,82H,5-22,24,31,33-34,36-38,40-74H2,1-4H3,(H,87,88)(H,89,90)/t75?,76-,77-/m1/s1. The molecule has 0 fully saturated rings. The number of hydrogen-bond donors (Lipinski definition) is 3. The summed E-state index contributed by atoms with van der Waals surface area (Å²) in [6.45, 7) is 4.86. The summed E-state index contributed by atoms with van der Waals surface area (Å²) in [4.78, 5) is 73.0. The number of carbonyl (C=O) groups excluding carboxylic acids is 4. The average Bonchev–Trinajstić information content (AvgIpc) is 1.25. The quantitative estimate of drug-likeness (QED) is 0.0169. The topological polar surface area (TPSA) is 237 Å². The van der Waals surface area contributed by atoms with E-state index in [0.29, 0.717) is 25.7 Å². The highest BCUT2D eigenvalue weighted by Crippen LogP contribution is 2.45. The van der Waals surface area contributed by atoms with E-state index in [-0.39, 0.29) is 25.7 Å². The molecule has 0 aromatic rings. The molecule has 0 bridgehead atoms. The first-order valence-electron chi connectivity index (χ1n) is 40.5. The van der Waals surface area contributed by atoms with Gasteiger partial charge in [-0.2, -0.15) is 0 Å². The van der Waals surface area contributed by atoms with Crippen LogP contribution in [0.15, 0.2) is 60.8 Å². The van der Waals surface area contributed by atoms with Crippen molar-refractivity contribution in [3.8, 4) is 0 Å². The van der Waals surface area contributed by atoms with Gasteiger partial charge < -0.3 is 33.8 Å². The first-order valence-corrected chi connectivity index (χ1v) is 43.5.